The SMILES string of the molecule is c1ccc2c(c1)oc1ccc(-c3c4ccccc4c(-c4cccc5oc6ccc7occc7c6c45)c4ccccc34)cc12. The fraction of sp³-hybridized carbons (Fsp3) is 0. The van der Waals surface area contributed by atoms with E-state index in [2.05, 4.69) is 97.1 Å². The summed E-state index contributed by atoms with van der Waals surface area (Å²) in [6.07, 6.45) is 1.76. The van der Waals surface area contributed by atoms with E-state index >= 15 is 0 Å². The predicted octanol–water partition coefficient (Wildman–Crippen LogP) is 11.9. The highest BCUT2D eigenvalue weighted by atomic mass is 16.3. The smallest absolute Gasteiger partial charge is 0.136 e. The summed E-state index contributed by atoms with van der Waals surface area (Å²) in [7, 11) is 0. The van der Waals surface area contributed by atoms with Gasteiger partial charge in [0.05, 0.1) is 6.26 Å². The normalized spacial score (nSPS) is 12.2. The van der Waals surface area contributed by atoms with Crippen molar-refractivity contribution >= 4 is 76.4 Å². The minimum absolute atomic E-state index is 0.859. The van der Waals surface area contributed by atoms with E-state index in [9.17, 15) is 0 Å². The largest absolute Gasteiger partial charge is 0.464 e. The first kappa shape index (κ1) is 22.8. The second-order valence-electron chi connectivity index (χ2n) is 11.2. The number of para-hydroxylation sites is 1. The third kappa shape index (κ3) is 3.08. The molecule has 0 radical (unpaired) electrons. The van der Waals surface area contributed by atoms with E-state index < -0.39 is 0 Å². The first-order valence-electron chi connectivity index (χ1n) is 14.5. The molecule has 43 heavy (non-hydrogen) atoms. The summed E-state index contributed by atoms with van der Waals surface area (Å²) >= 11 is 0. The van der Waals surface area contributed by atoms with Crippen LogP contribution in [-0.2, 0) is 0 Å². The molecule has 3 heterocycles. The molecule has 0 aliphatic heterocycles. The van der Waals surface area contributed by atoms with Gasteiger partial charge in [-0.25, -0.2) is 0 Å². The summed E-state index contributed by atoms with van der Waals surface area (Å²) in [5, 5.41) is 10.4. The first-order chi connectivity index (χ1) is 21.3. The number of furan rings is 3. The predicted molar refractivity (Wildman–Crippen MR) is 177 cm³/mol. The minimum Gasteiger partial charge on any atom is -0.464 e. The van der Waals surface area contributed by atoms with E-state index in [0.29, 0.717) is 0 Å². The van der Waals surface area contributed by atoms with Crippen LogP contribution >= 0.6 is 0 Å². The van der Waals surface area contributed by atoms with Gasteiger partial charge in [0.15, 0.2) is 0 Å². The number of rotatable bonds is 2. The molecule has 10 rings (SSSR count). The van der Waals surface area contributed by atoms with Crippen molar-refractivity contribution < 1.29 is 13.3 Å². The molecule has 0 N–H and O–H groups in total. The van der Waals surface area contributed by atoms with Crippen LogP contribution in [0.5, 0.6) is 0 Å². The Morgan fingerprint density at radius 1 is 0.349 bits per heavy atom. The highest BCUT2D eigenvalue weighted by Gasteiger charge is 2.22. The van der Waals surface area contributed by atoms with Gasteiger partial charge in [-0.15, -0.1) is 0 Å². The van der Waals surface area contributed by atoms with Gasteiger partial charge < -0.3 is 13.3 Å². The molecular weight excluding hydrogens is 528 g/mol. The third-order valence-corrected chi connectivity index (χ3v) is 8.96. The van der Waals surface area contributed by atoms with Crippen molar-refractivity contribution in [1.29, 1.82) is 0 Å². The molecule has 0 atom stereocenters. The van der Waals surface area contributed by atoms with E-state index in [1.54, 1.807) is 6.26 Å². The summed E-state index contributed by atoms with van der Waals surface area (Å²) < 4.78 is 18.4. The van der Waals surface area contributed by atoms with Gasteiger partial charge in [0.1, 0.15) is 27.9 Å². The molecule has 3 nitrogen and oxygen atoms in total. The Morgan fingerprint density at radius 2 is 0.930 bits per heavy atom. The Balaban J connectivity index is 1.36. The van der Waals surface area contributed by atoms with Gasteiger partial charge in [-0.1, -0.05) is 84.9 Å². The van der Waals surface area contributed by atoms with Crippen molar-refractivity contribution in [1.82, 2.24) is 0 Å². The lowest BCUT2D eigenvalue weighted by Gasteiger charge is -2.18. The monoisotopic (exact) mass is 550 g/mol. The molecule has 0 aliphatic rings. The van der Waals surface area contributed by atoms with E-state index in [-0.39, 0.29) is 0 Å². The molecule has 0 fully saturated rings. The van der Waals surface area contributed by atoms with Gasteiger partial charge >= 0.3 is 0 Å². The average molecular weight is 551 g/mol. The van der Waals surface area contributed by atoms with Crippen molar-refractivity contribution in [2.24, 2.45) is 0 Å². The lowest BCUT2D eigenvalue weighted by molar-refractivity contribution is 0.615. The molecule has 10 aromatic rings. The summed E-state index contributed by atoms with van der Waals surface area (Å²) in [6.45, 7) is 0. The zero-order valence-electron chi connectivity index (χ0n) is 22.9. The van der Waals surface area contributed by atoms with Crippen LogP contribution in [0.2, 0.25) is 0 Å². The Hall–Kier alpha value is -5.80. The Kier molecular flexibility index (Phi) is 4.45. The number of fused-ring (bicyclic) bond motifs is 10. The zero-order chi connectivity index (χ0) is 28.1. The quantitative estimate of drug-likeness (QED) is 0.201. The maximum atomic E-state index is 6.43. The Bertz CT molecular complexity index is 2680. The van der Waals surface area contributed by atoms with Crippen molar-refractivity contribution in [3.8, 4) is 22.3 Å². The molecule has 0 aliphatic carbocycles. The standard InChI is InChI=1S/C40H22O3/c1-3-11-27-25(9-1)37(23-16-17-34-31(22-23)24-8-5-6-14-33(24)42-34)26-10-2-4-12-28(26)38(27)30-13-7-15-35-40(30)39-29-20-21-41-32(29)18-19-36(39)43-35/h1-22H. The van der Waals surface area contributed by atoms with Crippen LogP contribution in [0.25, 0.3) is 98.6 Å². The summed E-state index contributed by atoms with van der Waals surface area (Å²) in [6, 6.07) is 44.8. The van der Waals surface area contributed by atoms with Crippen LogP contribution in [0, 0.1) is 0 Å². The van der Waals surface area contributed by atoms with Gasteiger partial charge in [0.2, 0.25) is 0 Å². The number of hydrogen-bond acceptors (Lipinski definition) is 3. The fourth-order valence-corrected chi connectivity index (χ4v) is 7.18. The molecule has 7 aromatic carbocycles. The lowest BCUT2D eigenvalue weighted by Crippen LogP contribution is -1.91. The molecule has 3 heteroatoms. The van der Waals surface area contributed by atoms with Crippen LogP contribution in [0.1, 0.15) is 0 Å². The molecule has 0 amide bonds. The fourth-order valence-electron chi connectivity index (χ4n) is 7.18. The summed E-state index contributed by atoms with van der Waals surface area (Å²) in [5.74, 6) is 0. The van der Waals surface area contributed by atoms with Crippen LogP contribution in [0.15, 0.2) is 147 Å². The van der Waals surface area contributed by atoms with Gasteiger partial charge in [-0.2, -0.15) is 0 Å². The van der Waals surface area contributed by atoms with Crippen LogP contribution < -0.4 is 0 Å². The van der Waals surface area contributed by atoms with Crippen LogP contribution in [0.4, 0.5) is 0 Å². The maximum absolute atomic E-state index is 6.43. The molecular formula is C40H22O3. The zero-order valence-corrected chi connectivity index (χ0v) is 22.9. The van der Waals surface area contributed by atoms with Crippen molar-refractivity contribution in [3.05, 3.63) is 134 Å². The van der Waals surface area contributed by atoms with Gasteiger partial charge in [-0.3, -0.25) is 0 Å². The maximum Gasteiger partial charge on any atom is 0.136 e. The van der Waals surface area contributed by atoms with Crippen LogP contribution in [-0.4, -0.2) is 0 Å². The number of hydrogen-bond donors (Lipinski definition) is 0. The first-order valence-corrected chi connectivity index (χ1v) is 14.5. The molecule has 200 valence electrons. The minimum atomic E-state index is 0.859. The highest BCUT2D eigenvalue weighted by Crippen LogP contribution is 2.48. The number of benzene rings is 7. The van der Waals surface area contributed by atoms with Gasteiger partial charge in [0, 0.05) is 26.9 Å². The van der Waals surface area contributed by atoms with Gasteiger partial charge in [0.25, 0.3) is 0 Å². The van der Waals surface area contributed by atoms with E-state index in [1.165, 1.54) is 38.2 Å². The third-order valence-electron chi connectivity index (χ3n) is 8.96. The van der Waals surface area contributed by atoms with Crippen molar-refractivity contribution in [2.45, 2.75) is 0 Å². The Morgan fingerprint density at radius 3 is 1.72 bits per heavy atom. The molecule has 0 bridgehead atoms. The molecule has 3 aromatic heterocycles. The molecule has 0 saturated carbocycles. The molecule has 0 spiro atoms. The van der Waals surface area contributed by atoms with Crippen molar-refractivity contribution in [3.63, 3.8) is 0 Å². The van der Waals surface area contributed by atoms with Crippen molar-refractivity contribution in [2.75, 3.05) is 0 Å². The summed E-state index contributed by atoms with van der Waals surface area (Å²) in [4.78, 5) is 0. The highest BCUT2D eigenvalue weighted by molar-refractivity contribution is 6.28. The summed E-state index contributed by atoms with van der Waals surface area (Å²) in [5.41, 5.74) is 9.16. The molecule has 0 saturated heterocycles. The van der Waals surface area contributed by atoms with E-state index in [4.69, 9.17) is 13.3 Å². The lowest BCUT2D eigenvalue weighted by atomic mass is 9.84. The Labute approximate surface area is 245 Å². The second-order valence-corrected chi connectivity index (χ2v) is 11.2. The van der Waals surface area contributed by atoms with Crippen LogP contribution in [0.3, 0.4) is 0 Å². The van der Waals surface area contributed by atoms with E-state index in [1.807, 2.05) is 30.3 Å². The van der Waals surface area contributed by atoms with Gasteiger partial charge in [-0.05, 0) is 86.3 Å². The topological polar surface area (TPSA) is 39.4 Å². The second kappa shape index (κ2) is 8.37. The average Bonchev–Trinajstić information content (AvgIpc) is 3.78. The molecule has 0 unspecified atom stereocenters. The van der Waals surface area contributed by atoms with E-state index in [0.717, 1.165) is 60.4 Å².